The lowest BCUT2D eigenvalue weighted by atomic mass is 9.86. The van der Waals surface area contributed by atoms with Crippen LogP contribution < -0.4 is 0 Å². The van der Waals surface area contributed by atoms with Crippen molar-refractivity contribution in [1.82, 2.24) is 0 Å². The summed E-state index contributed by atoms with van der Waals surface area (Å²) >= 11 is 0. The zero-order valence-electron chi connectivity index (χ0n) is 13.8. The molecule has 6 heteroatoms. The normalized spacial score (nSPS) is 11.9. The average Bonchev–Trinajstić information content (AvgIpc) is 2.45. The topological polar surface area (TPSA) is 86.5 Å². The predicted molar refractivity (Wildman–Crippen MR) is 86.2 cm³/mol. The molecule has 1 aromatic rings. The summed E-state index contributed by atoms with van der Waals surface area (Å²) in [6.45, 7) is 7.63. The molecule has 0 fully saturated rings. The fourth-order valence-electron chi connectivity index (χ4n) is 1.96. The number of carbonyl (C=O) groups excluding carboxylic acids is 2. The van der Waals surface area contributed by atoms with E-state index in [9.17, 15) is 19.7 Å². The van der Waals surface area contributed by atoms with Crippen LogP contribution in [-0.4, -0.2) is 23.1 Å². The van der Waals surface area contributed by atoms with E-state index in [-0.39, 0.29) is 35.3 Å². The molecule has 0 aliphatic heterocycles. The molecule has 0 unspecified atom stereocenters. The van der Waals surface area contributed by atoms with Gasteiger partial charge in [0, 0.05) is 12.5 Å². The van der Waals surface area contributed by atoms with Crippen molar-refractivity contribution in [3.8, 4) is 0 Å². The summed E-state index contributed by atoms with van der Waals surface area (Å²) in [6.07, 6.45) is 1.24. The summed E-state index contributed by atoms with van der Waals surface area (Å²) in [6, 6.07) is 5.56. The van der Waals surface area contributed by atoms with E-state index in [1.165, 1.54) is 24.3 Å². The maximum Gasteiger partial charge on any atom is 0.280 e. The Kier molecular flexibility index (Phi) is 6.18. The van der Waals surface area contributed by atoms with Crippen LogP contribution in [0, 0.1) is 15.5 Å². The summed E-state index contributed by atoms with van der Waals surface area (Å²) in [5.74, 6) is -1.09. The quantitative estimate of drug-likeness (QED) is 0.145. The Balaban J connectivity index is 3.26. The summed E-state index contributed by atoms with van der Waals surface area (Å²) in [4.78, 5) is 35.5. The number of Topliss-reactive ketones (excluding diaryl/α,β-unsaturated/α-hetero) is 2. The van der Waals surface area contributed by atoms with E-state index in [2.05, 4.69) is 0 Å². The van der Waals surface area contributed by atoms with Crippen molar-refractivity contribution in [1.29, 1.82) is 0 Å². The molecule has 124 valence electrons. The number of hydrogen-bond acceptors (Lipinski definition) is 5. The maximum absolute atomic E-state index is 12.6. The average molecular weight is 319 g/mol. The molecule has 0 N–H and O–H groups in total. The minimum atomic E-state index is -0.694. The highest BCUT2D eigenvalue weighted by Gasteiger charge is 2.29. The van der Waals surface area contributed by atoms with Crippen LogP contribution in [0.1, 0.15) is 44.5 Å². The van der Waals surface area contributed by atoms with E-state index in [4.69, 9.17) is 4.74 Å². The minimum Gasteiger partial charge on any atom is -0.501 e. The lowest BCUT2D eigenvalue weighted by molar-refractivity contribution is -0.385. The fourth-order valence-corrected chi connectivity index (χ4v) is 1.96. The van der Waals surface area contributed by atoms with Crippen molar-refractivity contribution in [2.24, 2.45) is 5.41 Å². The van der Waals surface area contributed by atoms with Gasteiger partial charge in [0.25, 0.3) is 5.69 Å². The van der Waals surface area contributed by atoms with Crippen LogP contribution in [0.3, 0.4) is 0 Å². The van der Waals surface area contributed by atoms with Crippen LogP contribution >= 0.6 is 0 Å². The molecule has 6 nitrogen and oxygen atoms in total. The third-order valence-electron chi connectivity index (χ3n) is 2.95. The van der Waals surface area contributed by atoms with Crippen LogP contribution in [0.4, 0.5) is 5.69 Å². The van der Waals surface area contributed by atoms with Gasteiger partial charge in [-0.3, -0.25) is 19.7 Å². The van der Waals surface area contributed by atoms with Crippen LogP contribution in [0.2, 0.25) is 0 Å². The number of carbonyl (C=O) groups is 2. The molecule has 1 rings (SSSR count). The van der Waals surface area contributed by atoms with Gasteiger partial charge < -0.3 is 4.74 Å². The number of allylic oxidation sites excluding steroid dienone is 1. The van der Waals surface area contributed by atoms with E-state index in [1.54, 1.807) is 6.92 Å². The number of ether oxygens (including phenoxy) is 1. The fraction of sp³-hybridized carbons (Fsp3) is 0.412. The Morgan fingerprint density at radius 1 is 1.26 bits per heavy atom. The van der Waals surface area contributed by atoms with Crippen LogP contribution in [-0.2, 0) is 9.53 Å². The molecule has 0 heterocycles. The lowest BCUT2D eigenvalue weighted by Crippen LogP contribution is -2.20. The van der Waals surface area contributed by atoms with E-state index < -0.39 is 16.5 Å². The number of nitro groups is 1. The number of benzene rings is 1. The summed E-state index contributed by atoms with van der Waals surface area (Å²) in [7, 11) is 0. The predicted octanol–water partition coefficient (Wildman–Crippen LogP) is 3.70. The molecule has 0 aliphatic rings. The molecule has 23 heavy (non-hydrogen) atoms. The van der Waals surface area contributed by atoms with Gasteiger partial charge in [-0.15, -0.1) is 0 Å². The zero-order chi connectivity index (χ0) is 17.6. The van der Waals surface area contributed by atoms with Crippen molar-refractivity contribution in [3.63, 3.8) is 0 Å². The summed E-state index contributed by atoms with van der Waals surface area (Å²) in [5.41, 5.74) is -0.934. The van der Waals surface area contributed by atoms with Gasteiger partial charge in [0.15, 0.2) is 5.78 Å². The number of nitro benzene ring substituents is 1. The van der Waals surface area contributed by atoms with Gasteiger partial charge in [0.2, 0.25) is 5.78 Å². The number of nitrogens with zero attached hydrogens (tertiary/aromatic N) is 1. The minimum absolute atomic E-state index is 0.120. The van der Waals surface area contributed by atoms with Gasteiger partial charge in [0.1, 0.15) is 11.1 Å². The van der Waals surface area contributed by atoms with Crippen LogP contribution in [0.5, 0.6) is 0 Å². The zero-order valence-corrected chi connectivity index (χ0v) is 13.8. The van der Waals surface area contributed by atoms with Crippen molar-refractivity contribution in [3.05, 3.63) is 51.8 Å². The van der Waals surface area contributed by atoms with E-state index in [1.807, 2.05) is 20.8 Å². The number of hydrogen-bond donors (Lipinski definition) is 0. The lowest BCUT2D eigenvalue weighted by Gasteiger charge is -2.17. The molecule has 0 spiro atoms. The van der Waals surface area contributed by atoms with Crippen molar-refractivity contribution in [2.45, 2.75) is 34.1 Å². The monoisotopic (exact) mass is 319 g/mol. The standard InChI is InChI=1S/C17H21NO5/c1-5-23-11-13(15(19)10-17(2,3)4)16(20)12-8-6-7-9-14(12)18(21)22/h6-9,11H,5,10H2,1-4H3. The smallest absolute Gasteiger partial charge is 0.280 e. The third kappa shape index (κ3) is 5.32. The van der Waals surface area contributed by atoms with Gasteiger partial charge in [-0.05, 0) is 18.4 Å². The van der Waals surface area contributed by atoms with Gasteiger partial charge in [-0.1, -0.05) is 32.9 Å². The molecule has 0 aliphatic carbocycles. The first-order chi connectivity index (χ1) is 10.7. The van der Waals surface area contributed by atoms with Crippen molar-refractivity contribution >= 4 is 17.3 Å². The van der Waals surface area contributed by atoms with Gasteiger partial charge >= 0.3 is 0 Å². The molecule has 0 amide bonds. The van der Waals surface area contributed by atoms with Crippen molar-refractivity contribution < 1.29 is 19.2 Å². The molecule has 0 saturated carbocycles. The highest BCUT2D eigenvalue weighted by atomic mass is 16.6. The number of para-hydroxylation sites is 1. The molecular formula is C17H21NO5. The Morgan fingerprint density at radius 2 is 1.87 bits per heavy atom. The highest BCUT2D eigenvalue weighted by molar-refractivity contribution is 6.27. The Bertz CT molecular complexity index is 641. The first-order valence-corrected chi connectivity index (χ1v) is 7.30. The van der Waals surface area contributed by atoms with Gasteiger partial charge in [-0.25, -0.2) is 0 Å². The molecule has 0 radical (unpaired) electrons. The SMILES string of the molecule is CCOC=C(C(=O)CC(C)(C)C)C(=O)c1ccccc1[N+](=O)[O-]. The van der Waals surface area contributed by atoms with E-state index >= 15 is 0 Å². The second kappa shape index (κ2) is 7.67. The Hall–Kier alpha value is -2.50. The molecule has 1 aromatic carbocycles. The van der Waals surface area contributed by atoms with Crippen LogP contribution in [0.25, 0.3) is 0 Å². The maximum atomic E-state index is 12.6. The van der Waals surface area contributed by atoms with Gasteiger partial charge in [0.05, 0.1) is 17.8 Å². The molecule has 0 aromatic heterocycles. The van der Waals surface area contributed by atoms with E-state index in [0.717, 1.165) is 6.26 Å². The molecule has 0 bridgehead atoms. The molecular weight excluding hydrogens is 298 g/mol. The highest BCUT2D eigenvalue weighted by Crippen LogP contribution is 2.25. The first kappa shape index (κ1) is 18.5. The van der Waals surface area contributed by atoms with E-state index in [0.29, 0.717) is 0 Å². The second-order valence-electron chi connectivity index (χ2n) is 6.25. The van der Waals surface area contributed by atoms with Crippen molar-refractivity contribution in [2.75, 3.05) is 6.61 Å². The van der Waals surface area contributed by atoms with Gasteiger partial charge in [-0.2, -0.15) is 0 Å². The first-order valence-electron chi connectivity index (χ1n) is 7.30. The number of rotatable bonds is 7. The Labute approximate surface area is 135 Å². The van der Waals surface area contributed by atoms with Crippen LogP contribution in [0.15, 0.2) is 36.1 Å². The molecule has 0 atom stereocenters. The number of ketones is 2. The second-order valence-corrected chi connectivity index (χ2v) is 6.25. The molecule has 0 saturated heterocycles. The third-order valence-corrected chi connectivity index (χ3v) is 2.95. The summed E-state index contributed by atoms with van der Waals surface area (Å²) in [5, 5.41) is 11.1. The Morgan fingerprint density at radius 3 is 2.39 bits per heavy atom. The largest absolute Gasteiger partial charge is 0.501 e. The summed E-state index contributed by atoms with van der Waals surface area (Å²) < 4.78 is 5.10.